The van der Waals surface area contributed by atoms with Gasteiger partial charge in [0, 0.05) is 62.7 Å². The van der Waals surface area contributed by atoms with E-state index < -0.39 is 5.60 Å². The summed E-state index contributed by atoms with van der Waals surface area (Å²) in [5.41, 5.74) is 4.95. The van der Waals surface area contributed by atoms with Gasteiger partial charge in [-0.15, -0.1) is 0 Å². The van der Waals surface area contributed by atoms with Crippen LogP contribution in [-0.2, 0) is 17.7 Å². The number of fused-ring (bicyclic) bond motifs is 1. The maximum atomic E-state index is 12.3. The molecular weight excluding hydrogens is 518 g/mol. The third-order valence-corrected chi connectivity index (χ3v) is 6.54. The van der Waals surface area contributed by atoms with E-state index in [1.165, 1.54) is 12.7 Å². The number of benzene rings is 1. The molecule has 4 heterocycles. The van der Waals surface area contributed by atoms with Crippen molar-refractivity contribution < 1.29 is 14.3 Å². The zero-order valence-electron chi connectivity index (χ0n) is 22.6. The van der Waals surface area contributed by atoms with Gasteiger partial charge in [-0.25, -0.2) is 9.78 Å². The summed E-state index contributed by atoms with van der Waals surface area (Å²) in [6.45, 7) is 9.37. The molecule has 4 aromatic rings. The van der Waals surface area contributed by atoms with Crippen LogP contribution in [0.5, 0.6) is 6.01 Å². The summed E-state index contributed by atoms with van der Waals surface area (Å²) in [4.78, 5) is 37.6. The Morgan fingerprint density at radius 1 is 1.05 bits per heavy atom. The van der Waals surface area contributed by atoms with Gasteiger partial charge in [-0.1, -0.05) is 17.7 Å². The quantitative estimate of drug-likeness (QED) is 0.344. The number of pyridine rings is 1. The Labute approximate surface area is 232 Å². The van der Waals surface area contributed by atoms with Crippen LogP contribution in [-0.4, -0.2) is 79.7 Å². The predicted octanol–water partition coefficient (Wildman–Crippen LogP) is 4.72. The normalized spacial score (nSPS) is 14.5. The zero-order valence-corrected chi connectivity index (χ0v) is 23.3. The zero-order chi connectivity index (χ0) is 27.6. The van der Waals surface area contributed by atoms with Gasteiger partial charge in [0.2, 0.25) is 0 Å². The topological polar surface area (TPSA) is 109 Å². The number of hydrogen-bond acceptors (Lipinski definition) is 8. The number of aromatic amines is 1. The van der Waals surface area contributed by atoms with Crippen molar-refractivity contribution in [2.24, 2.45) is 0 Å². The van der Waals surface area contributed by atoms with Gasteiger partial charge in [0.25, 0.3) is 0 Å². The number of piperazine rings is 1. The molecule has 1 aromatic carbocycles. The van der Waals surface area contributed by atoms with Crippen LogP contribution in [0, 0.1) is 0 Å². The largest absolute Gasteiger partial charge is 0.467 e. The smallest absolute Gasteiger partial charge is 0.410 e. The third kappa shape index (κ3) is 6.82. The lowest BCUT2D eigenvalue weighted by atomic mass is 10.1. The summed E-state index contributed by atoms with van der Waals surface area (Å²) in [5, 5.41) is 0.318. The van der Waals surface area contributed by atoms with Crippen molar-refractivity contribution in [3.05, 3.63) is 64.8 Å². The highest BCUT2D eigenvalue weighted by Crippen LogP contribution is 2.26. The van der Waals surface area contributed by atoms with E-state index >= 15 is 0 Å². The molecule has 0 spiro atoms. The molecule has 1 aliphatic heterocycles. The molecule has 3 aromatic heterocycles. The first kappa shape index (κ1) is 26.8. The van der Waals surface area contributed by atoms with Crippen molar-refractivity contribution in [1.82, 2.24) is 34.7 Å². The number of carbonyl (C=O) groups is 1. The lowest BCUT2D eigenvalue weighted by Gasteiger charge is -2.35. The number of imidazole rings is 1. The summed E-state index contributed by atoms with van der Waals surface area (Å²) < 4.78 is 10.6. The summed E-state index contributed by atoms with van der Waals surface area (Å²) >= 11 is 6.12. The van der Waals surface area contributed by atoms with Gasteiger partial charge in [-0.05, 0) is 50.6 Å². The van der Waals surface area contributed by atoms with E-state index in [1.54, 1.807) is 11.0 Å². The number of amides is 1. The van der Waals surface area contributed by atoms with Crippen LogP contribution in [0.1, 0.15) is 37.9 Å². The van der Waals surface area contributed by atoms with E-state index in [0.29, 0.717) is 30.4 Å². The fourth-order valence-electron chi connectivity index (χ4n) is 4.51. The molecule has 0 saturated carbocycles. The number of hydrogen-bond donors (Lipinski definition) is 1. The standard InChI is InChI=1S/C28H32ClN7O3/c1-28(2,3)39-27(37)36-11-9-35(10-12-36)17-18-7-8-30-20(13-18)15-25-31-21-6-5-19(14-23(21)32-25)22-16-24(29)34-26(33-22)38-4/h5-8,13-14,16H,9-12,15,17H2,1-4H3,(H,31,32). The predicted molar refractivity (Wildman–Crippen MR) is 149 cm³/mol. The van der Waals surface area contributed by atoms with Crippen molar-refractivity contribution >= 4 is 28.7 Å². The maximum Gasteiger partial charge on any atom is 0.410 e. The molecule has 5 rings (SSSR count). The summed E-state index contributed by atoms with van der Waals surface area (Å²) in [5.74, 6) is 0.830. The fourth-order valence-corrected chi connectivity index (χ4v) is 4.69. The Bertz CT molecular complexity index is 1480. The SMILES string of the molecule is COc1nc(Cl)cc(-c2ccc3nc(Cc4cc(CN5CCN(C(=O)OC(C)(C)C)CC5)ccn4)[nH]c3c2)n1. The molecule has 1 saturated heterocycles. The summed E-state index contributed by atoms with van der Waals surface area (Å²) in [6.07, 6.45) is 2.18. The van der Waals surface area contributed by atoms with Gasteiger partial charge >= 0.3 is 12.1 Å². The minimum atomic E-state index is -0.483. The summed E-state index contributed by atoms with van der Waals surface area (Å²) in [6, 6.07) is 12.0. The van der Waals surface area contributed by atoms with Gasteiger partial charge in [0.15, 0.2) is 0 Å². The molecule has 0 unspecified atom stereocenters. The number of methoxy groups -OCH3 is 1. The number of rotatable bonds is 6. The van der Waals surface area contributed by atoms with Crippen LogP contribution in [0.25, 0.3) is 22.3 Å². The van der Waals surface area contributed by atoms with Crippen LogP contribution in [0.15, 0.2) is 42.6 Å². The van der Waals surface area contributed by atoms with Gasteiger partial charge in [-0.3, -0.25) is 9.88 Å². The van der Waals surface area contributed by atoms with Gasteiger partial charge < -0.3 is 19.4 Å². The van der Waals surface area contributed by atoms with Crippen LogP contribution in [0.4, 0.5) is 4.79 Å². The molecule has 0 atom stereocenters. The molecule has 10 nitrogen and oxygen atoms in total. The van der Waals surface area contributed by atoms with Gasteiger partial charge in [0.05, 0.1) is 23.8 Å². The van der Waals surface area contributed by atoms with E-state index in [9.17, 15) is 4.79 Å². The second-order valence-corrected chi connectivity index (χ2v) is 10.9. The lowest BCUT2D eigenvalue weighted by molar-refractivity contribution is 0.0139. The molecule has 0 aliphatic carbocycles. The lowest BCUT2D eigenvalue weighted by Crippen LogP contribution is -2.49. The molecule has 204 valence electrons. The van der Waals surface area contributed by atoms with E-state index in [1.807, 2.05) is 51.2 Å². The van der Waals surface area contributed by atoms with Crippen molar-refractivity contribution in [1.29, 1.82) is 0 Å². The second kappa shape index (κ2) is 11.2. The van der Waals surface area contributed by atoms with Crippen molar-refractivity contribution in [3.63, 3.8) is 0 Å². The van der Waals surface area contributed by atoms with E-state index in [2.05, 4.69) is 30.9 Å². The van der Waals surface area contributed by atoms with Gasteiger partial charge in [-0.2, -0.15) is 9.97 Å². The average Bonchev–Trinajstić information content (AvgIpc) is 3.29. The molecule has 0 bridgehead atoms. The highest BCUT2D eigenvalue weighted by atomic mass is 35.5. The number of H-pyrrole nitrogens is 1. The summed E-state index contributed by atoms with van der Waals surface area (Å²) in [7, 11) is 1.51. The number of nitrogens with zero attached hydrogens (tertiary/aromatic N) is 6. The number of aromatic nitrogens is 5. The molecule has 1 fully saturated rings. The molecule has 1 aliphatic rings. The van der Waals surface area contributed by atoms with Crippen molar-refractivity contribution in [2.45, 2.75) is 39.3 Å². The number of ether oxygens (including phenoxy) is 2. The van der Waals surface area contributed by atoms with Crippen LogP contribution in [0.3, 0.4) is 0 Å². The van der Waals surface area contributed by atoms with E-state index in [0.717, 1.165) is 47.7 Å². The molecule has 39 heavy (non-hydrogen) atoms. The molecule has 0 radical (unpaired) electrons. The van der Waals surface area contributed by atoms with Crippen molar-refractivity contribution in [2.75, 3.05) is 33.3 Å². The average molecular weight is 550 g/mol. The third-order valence-electron chi connectivity index (χ3n) is 6.34. The van der Waals surface area contributed by atoms with E-state index in [-0.39, 0.29) is 12.1 Å². The minimum absolute atomic E-state index is 0.221. The Morgan fingerprint density at radius 2 is 1.85 bits per heavy atom. The van der Waals surface area contributed by atoms with Gasteiger partial charge in [0.1, 0.15) is 16.6 Å². The Morgan fingerprint density at radius 3 is 2.59 bits per heavy atom. The van der Waals surface area contributed by atoms with E-state index in [4.69, 9.17) is 26.1 Å². The number of carbonyl (C=O) groups excluding carboxylic acids is 1. The van der Waals surface area contributed by atoms with Crippen molar-refractivity contribution in [3.8, 4) is 17.3 Å². The molecule has 1 amide bonds. The Kier molecular flexibility index (Phi) is 7.67. The molecule has 1 N–H and O–H groups in total. The fraction of sp³-hybridized carbons (Fsp3) is 0.393. The van der Waals surface area contributed by atoms with Crippen LogP contribution >= 0.6 is 11.6 Å². The first-order valence-corrected chi connectivity index (χ1v) is 13.2. The highest BCUT2D eigenvalue weighted by Gasteiger charge is 2.25. The Hall–Kier alpha value is -3.76. The molecular formula is C28H32ClN7O3. The van der Waals surface area contributed by atoms with Crippen LogP contribution in [0.2, 0.25) is 5.15 Å². The monoisotopic (exact) mass is 549 g/mol. The second-order valence-electron chi connectivity index (χ2n) is 10.6. The maximum absolute atomic E-state index is 12.3. The highest BCUT2D eigenvalue weighted by molar-refractivity contribution is 6.29. The first-order chi connectivity index (χ1) is 18.6. The number of nitrogens with one attached hydrogen (secondary N) is 1. The molecule has 11 heteroatoms. The first-order valence-electron chi connectivity index (χ1n) is 12.9. The Balaban J connectivity index is 1.22. The van der Waals surface area contributed by atoms with Crippen LogP contribution < -0.4 is 4.74 Å². The number of halogens is 1. The minimum Gasteiger partial charge on any atom is -0.467 e.